The van der Waals surface area contributed by atoms with Gasteiger partial charge in [-0.1, -0.05) is 16.8 Å². The lowest BCUT2D eigenvalue weighted by Crippen LogP contribution is -2.42. The Morgan fingerprint density at radius 1 is 1.38 bits per heavy atom. The number of nitrogens with one attached hydrogen (secondary N) is 1. The molecule has 3 rings (SSSR count). The van der Waals surface area contributed by atoms with Gasteiger partial charge in [0.05, 0.1) is 24.9 Å². The van der Waals surface area contributed by atoms with Gasteiger partial charge < -0.3 is 19.3 Å². The minimum atomic E-state index is -0.181. The normalized spacial score (nSPS) is 20.1. The van der Waals surface area contributed by atoms with Crippen molar-refractivity contribution in [3.05, 3.63) is 46.8 Å². The molecule has 1 N–H and O–H groups in total. The molecule has 0 aliphatic carbocycles. The van der Waals surface area contributed by atoms with Crippen LogP contribution in [0.25, 0.3) is 0 Å². The van der Waals surface area contributed by atoms with Gasteiger partial charge in [-0.05, 0) is 31.2 Å². The SMILES string of the molecule is Cc1cc(CC2COCC2NC(=O)COc2ccc(Cl)cc2)on1. The molecule has 0 spiro atoms. The Morgan fingerprint density at radius 3 is 2.88 bits per heavy atom. The fourth-order valence-corrected chi connectivity index (χ4v) is 2.78. The molecule has 0 saturated carbocycles. The number of nitrogens with zero attached hydrogens (tertiary/aromatic N) is 1. The number of carbonyl (C=O) groups is 1. The number of amides is 1. The minimum absolute atomic E-state index is 0.0493. The monoisotopic (exact) mass is 350 g/mol. The van der Waals surface area contributed by atoms with Crippen LogP contribution >= 0.6 is 11.6 Å². The van der Waals surface area contributed by atoms with E-state index in [1.165, 1.54) is 0 Å². The van der Waals surface area contributed by atoms with E-state index in [1.54, 1.807) is 24.3 Å². The third kappa shape index (κ3) is 4.49. The van der Waals surface area contributed by atoms with Gasteiger partial charge in [-0.25, -0.2) is 0 Å². The Kier molecular flexibility index (Phi) is 5.37. The van der Waals surface area contributed by atoms with Crippen molar-refractivity contribution in [2.45, 2.75) is 19.4 Å². The van der Waals surface area contributed by atoms with E-state index < -0.39 is 0 Å². The van der Waals surface area contributed by atoms with E-state index in [-0.39, 0.29) is 24.5 Å². The molecule has 2 unspecified atom stereocenters. The molecule has 24 heavy (non-hydrogen) atoms. The zero-order valence-electron chi connectivity index (χ0n) is 13.3. The van der Waals surface area contributed by atoms with E-state index >= 15 is 0 Å². The number of halogens is 1. The predicted molar refractivity (Wildman–Crippen MR) is 88.1 cm³/mol. The Morgan fingerprint density at radius 2 is 2.17 bits per heavy atom. The summed E-state index contributed by atoms with van der Waals surface area (Å²) in [6.45, 7) is 2.91. The zero-order chi connectivity index (χ0) is 16.9. The largest absolute Gasteiger partial charge is 0.484 e. The van der Waals surface area contributed by atoms with E-state index in [9.17, 15) is 4.79 Å². The number of benzene rings is 1. The first-order valence-corrected chi connectivity index (χ1v) is 8.15. The number of carbonyl (C=O) groups excluding carboxylic acids is 1. The maximum absolute atomic E-state index is 12.1. The zero-order valence-corrected chi connectivity index (χ0v) is 14.1. The quantitative estimate of drug-likeness (QED) is 0.866. The molecule has 6 nitrogen and oxygen atoms in total. The van der Waals surface area contributed by atoms with E-state index in [0.717, 1.165) is 11.5 Å². The van der Waals surface area contributed by atoms with Crippen LogP contribution in [0.15, 0.2) is 34.9 Å². The van der Waals surface area contributed by atoms with Crippen LogP contribution in [-0.2, 0) is 16.0 Å². The molecule has 1 amide bonds. The number of rotatable bonds is 6. The fraction of sp³-hybridized carbons (Fsp3) is 0.412. The second-order valence-electron chi connectivity index (χ2n) is 5.85. The van der Waals surface area contributed by atoms with Gasteiger partial charge in [0.1, 0.15) is 11.5 Å². The lowest BCUT2D eigenvalue weighted by molar-refractivity contribution is -0.124. The van der Waals surface area contributed by atoms with Crippen LogP contribution in [-0.4, -0.2) is 36.9 Å². The van der Waals surface area contributed by atoms with Crippen LogP contribution in [0, 0.1) is 12.8 Å². The standard InChI is InChI=1S/C17H19ClN2O4/c1-11-6-15(24-20-11)7-12-8-22-9-16(12)19-17(21)10-23-14-4-2-13(18)3-5-14/h2-6,12,16H,7-10H2,1H3,(H,19,21). The first kappa shape index (κ1) is 16.8. The van der Waals surface area contributed by atoms with Crippen molar-refractivity contribution in [2.75, 3.05) is 19.8 Å². The van der Waals surface area contributed by atoms with E-state index in [4.69, 9.17) is 25.6 Å². The van der Waals surface area contributed by atoms with Gasteiger partial charge in [-0.3, -0.25) is 4.79 Å². The highest BCUT2D eigenvalue weighted by atomic mass is 35.5. The maximum atomic E-state index is 12.1. The van der Waals surface area contributed by atoms with Crippen molar-refractivity contribution >= 4 is 17.5 Å². The van der Waals surface area contributed by atoms with Gasteiger partial charge in [-0.2, -0.15) is 0 Å². The first-order chi connectivity index (χ1) is 11.6. The molecule has 128 valence electrons. The first-order valence-electron chi connectivity index (χ1n) is 7.78. The minimum Gasteiger partial charge on any atom is -0.484 e. The van der Waals surface area contributed by atoms with Gasteiger partial charge in [-0.15, -0.1) is 0 Å². The summed E-state index contributed by atoms with van der Waals surface area (Å²) in [4.78, 5) is 12.1. The summed E-state index contributed by atoms with van der Waals surface area (Å²) in [6.07, 6.45) is 0.684. The Hall–Kier alpha value is -2.05. The smallest absolute Gasteiger partial charge is 0.258 e. The van der Waals surface area contributed by atoms with Crippen molar-refractivity contribution in [1.29, 1.82) is 0 Å². The molecule has 1 saturated heterocycles. The van der Waals surface area contributed by atoms with Crippen molar-refractivity contribution in [1.82, 2.24) is 10.5 Å². The molecule has 1 fully saturated rings. The van der Waals surface area contributed by atoms with Gasteiger partial charge in [0.15, 0.2) is 6.61 Å². The highest BCUT2D eigenvalue weighted by Crippen LogP contribution is 2.20. The summed E-state index contributed by atoms with van der Waals surface area (Å²) in [7, 11) is 0. The summed E-state index contributed by atoms with van der Waals surface area (Å²) < 4.78 is 16.2. The van der Waals surface area contributed by atoms with Crippen LogP contribution in [0.1, 0.15) is 11.5 Å². The van der Waals surface area contributed by atoms with Crippen LogP contribution < -0.4 is 10.1 Å². The van der Waals surface area contributed by atoms with E-state index in [2.05, 4.69) is 10.5 Å². The average molecular weight is 351 g/mol. The summed E-state index contributed by atoms with van der Waals surface area (Å²) in [5.74, 6) is 1.39. The molecule has 1 aliphatic heterocycles. The van der Waals surface area contributed by atoms with Crippen molar-refractivity contribution in [3.63, 3.8) is 0 Å². The van der Waals surface area contributed by atoms with Crippen LogP contribution in [0.4, 0.5) is 0 Å². The Labute approximate surface area is 145 Å². The topological polar surface area (TPSA) is 73.6 Å². The summed E-state index contributed by atoms with van der Waals surface area (Å²) >= 11 is 5.81. The molecule has 2 aromatic rings. The number of ether oxygens (including phenoxy) is 2. The van der Waals surface area contributed by atoms with Crippen LogP contribution in [0.5, 0.6) is 5.75 Å². The average Bonchev–Trinajstić information content (AvgIpc) is 3.16. The molecular weight excluding hydrogens is 332 g/mol. The third-order valence-corrected chi connectivity index (χ3v) is 4.12. The molecule has 2 atom stereocenters. The molecule has 1 aromatic carbocycles. The molecule has 2 heterocycles. The molecule has 0 radical (unpaired) electrons. The molecular formula is C17H19ClN2O4. The number of aromatic nitrogens is 1. The molecule has 0 bridgehead atoms. The number of aryl methyl sites for hydroxylation is 1. The van der Waals surface area contributed by atoms with Gasteiger partial charge in [0.25, 0.3) is 5.91 Å². The highest BCUT2D eigenvalue weighted by Gasteiger charge is 2.30. The second kappa shape index (κ2) is 7.68. The lowest BCUT2D eigenvalue weighted by Gasteiger charge is -2.18. The second-order valence-corrected chi connectivity index (χ2v) is 6.29. The molecule has 7 heteroatoms. The molecule has 1 aromatic heterocycles. The highest BCUT2D eigenvalue weighted by molar-refractivity contribution is 6.30. The summed E-state index contributed by atoms with van der Waals surface area (Å²) in [5.41, 5.74) is 0.848. The van der Waals surface area contributed by atoms with Gasteiger partial charge in [0, 0.05) is 23.4 Å². The van der Waals surface area contributed by atoms with Crippen LogP contribution in [0.3, 0.4) is 0 Å². The van der Waals surface area contributed by atoms with Crippen molar-refractivity contribution in [2.24, 2.45) is 5.92 Å². The van der Waals surface area contributed by atoms with Gasteiger partial charge in [0.2, 0.25) is 0 Å². The maximum Gasteiger partial charge on any atom is 0.258 e. The summed E-state index contributed by atoms with van der Waals surface area (Å²) in [5, 5.41) is 7.47. The van der Waals surface area contributed by atoms with Gasteiger partial charge >= 0.3 is 0 Å². The number of hydrogen-bond acceptors (Lipinski definition) is 5. The van der Waals surface area contributed by atoms with E-state index in [0.29, 0.717) is 30.4 Å². The van der Waals surface area contributed by atoms with Crippen LogP contribution in [0.2, 0.25) is 5.02 Å². The Balaban J connectivity index is 1.48. The fourth-order valence-electron chi connectivity index (χ4n) is 2.66. The third-order valence-electron chi connectivity index (χ3n) is 3.87. The Bertz CT molecular complexity index is 686. The van der Waals surface area contributed by atoms with Crippen molar-refractivity contribution < 1.29 is 18.8 Å². The molecule has 1 aliphatic rings. The summed E-state index contributed by atoms with van der Waals surface area (Å²) in [6, 6.07) is 8.73. The van der Waals surface area contributed by atoms with E-state index in [1.807, 2.05) is 13.0 Å². The number of hydrogen-bond donors (Lipinski definition) is 1. The lowest BCUT2D eigenvalue weighted by atomic mass is 9.98. The predicted octanol–water partition coefficient (Wildman–Crippen LogP) is 2.39. The van der Waals surface area contributed by atoms with Crippen molar-refractivity contribution in [3.8, 4) is 5.75 Å².